The van der Waals surface area contributed by atoms with Crippen LogP contribution in [0, 0.1) is 12.3 Å². The second kappa shape index (κ2) is 9.65. The average molecular weight is 435 g/mol. The Morgan fingerprint density at radius 2 is 2.00 bits per heavy atom. The summed E-state index contributed by atoms with van der Waals surface area (Å²) in [5.74, 6) is 0.0634. The van der Waals surface area contributed by atoms with Gasteiger partial charge in [-0.1, -0.05) is 24.3 Å². The summed E-state index contributed by atoms with van der Waals surface area (Å²) in [6, 6.07) is 15.9. The Morgan fingerprint density at radius 3 is 2.69 bits per heavy atom. The fraction of sp³-hybridized carbons (Fsp3) is 0.423. The Kier molecular flexibility index (Phi) is 6.70. The first-order chi connectivity index (χ1) is 15.4. The number of aryl methyl sites for hydroxylation is 1. The molecule has 1 unspecified atom stereocenters. The lowest BCUT2D eigenvalue weighted by Gasteiger charge is -2.48. The number of nitrogens with zero attached hydrogens (tertiary/aromatic N) is 1. The van der Waals surface area contributed by atoms with E-state index in [-0.39, 0.29) is 12.0 Å². The molecule has 2 fully saturated rings. The number of hydrogen-bond donors (Lipinski definition) is 3. The van der Waals surface area contributed by atoms with Gasteiger partial charge in [0.15, 0.2) is 0 Å². The van der Waals surface area contributed by atoms with Crippen LogP contribution in [0.3, 0.4) is 0 Å². The van der Waals surface area contributed by atoms with Gasteiger partial charge in [-0.3, -0.25) is 4.79 Å². The molecule has 0 aliphatic carbocycles. The molecule has 4 N–H and O–H groups in total. The van der Waals surface area contributed by atoms with E-state index in [9.17, 15) is 4.79 Å². The normalized spacial score (nSPS) is 20.4. The van der Waals surface area contributed by atoms with Gasteiger partial charge in [-0.2, -0.15) is 0 Å². The number of carbonyl (C=O) groups excluding carboxylic acids is 1. The Bertz CT molecular complexity index is 961. The highest BCUT2D eigenvalue weighted by Gasteiger charge is 2.45. The number of anilines is 2. The van der Waals surface area contributed by atoms with E-state index in [0.29, 0.717) is 13.1 Å². The van der Waals surface area contributed by atoms with Gasteiger partial charge in [0.1, 0.15) is 0 Å². The Hall–Kier alpha value is -2.99. The number of nitrogens with one attached hydrogen (secondary N) is 2. The SMILES string of the molecule is Cc1cc(N2CC(C)(C(=O)Nc3ccccc3)C2)ccc1/C(N)=C/NCC1CCCCO1. The smallest absolute Gasteiger partial charge is 0.233 e. The lowest BCUT2D eigenvalue weighted by Crippen LogP contribution is -2.60. The number of nitrogens with two attached hydrogens (primary N) is 1. The number of hydrogen-bond acceptors (Lipinski definition) is 5. The van der Waals surface area contributed by atoms with Gasteiger partial charge in [0, 0.05) is 49.4 Å². The summed E-state index contributed by atoms with van der Waals surface area (Å²) in [4.78, 5) is 15.0. The minimum absolute atomic E-state index is 0.0634. The van der Waals surface area contributed by atoms with Crippen molar-refractivity contribution in [1.29, 1.82) is 0 Å². The number of para-hydroxylation sites is 1. The molecule has 0 radical (unpaired) electrons. The van der Waals surface area contributed by atoms with Crippen molar-refractivity contribution >= 4 is 23.0 Å². The van der Waals surface area contributed by atoms with E-state index in [2.05, 4.69) is 40.7 Å². The van der Waals surface area contributed by atoms with Crippen LogP contribution in [-0.4, -0.2) is 38.3 Å². The fourth-order valence-electron chi connectivity index (χ4n) is 4.44. The zero-order chi connectivity index (χ0) is 22.6. The highest BCUT2D eigenvalue weighted by Crippen LogP contribution is 2.36. The van der Waals surface area contributed by atoms with Crippen LogP contribution in [0.1, 0.15) is 37.3 Å². The van der Waals surface area contributed by atoms with E-state index in [4.69, 9.17) is 10.5 Å². The number of ether oxygens (including phenoxy) is 1. The molecule has 0 bridgehead atoms. The maximum absolute atomic E-state index is 12.7. The zero-order valence-electron chi connectivity index (χ0n) is 19.1. The van der Waals surface area contributed by atoms with Crippen LogP contribution in [0.15, 0.2) is 54.7 Å². The molecule has 2 aliphatic rings. The summed E-state index contributed by atoms with van der Waals surface area (Å²) in [5.41, 5.74) is 10.8. The highest BCUT2D eigenvalue weighted by atomic mass is 16.5. The number of carbonyl (C=O) groups is 1. The summed E-state index contributed by atoms with van der Waals surface area (Å²) in [7, 11) is 0. The van der Waals surface area contributed by atoms with E-state index >= 15 is 0 Å². The van der Waals surface area contributed by atoms with Gasteiger partial charge in [0.2, 0.25) is 5.91 Å². The van der Waals surface area contributed by atoms with Crippen molar-refractivity contribution < 1.29 is 9.53 Å². The van der Waals surface area contributed by atoms with E-state index in [1.807, 2.05) is 43.5 Å². The summed E-state index contributed by atoms with van der Waals surface area (Å²) in [5, 5.41) is 6.35. The minimum atomic E-state index is -0.396. The van der Waals surface area contributed by atoms with Crippen molar-refractivity contribution in [2.24, 2.45) is 11.1 Å². The van der Waals surface area contributed by atoms with Gasteiger partial charge in [-0.25, -0.2) is 0 Å². The number of amides is 1. The lowest BCUT2D eigenvalue weighted by atomic mass is 9.80. The highest BCUT2D eigenvalue weighted by molar-refractivity contribution is 5.97. The molecular formula is C26H34N4O2. The summed E-state index contributed by atoms with van der Waals surface area (Å²) < 4.78 is 5.75. The van der Waals surface area contributed by atoms with Crippen LogP contribution in [-0.2, 0) is 9.53 Å². The van der Waals surface area contributed by atoms with Crippen molar-refractivity contribution in [2.45, 2.75) is 39.2 Å². The molecule has 1 amide bonds. The number of benzene rings is 2. The third kappa shape index (κ3) is 5.07. The zero-order valence-corrected chi connectivity index (χ0v) is 19.1. The largest absolute Gasteiger partial charge is 0.397 e. The quantitative estimate of drug-likeness (QED) is 0.616. The van der Waals surface area contributed by atoms with E-state index < -0.39 is 5.41 Å². The molecule has 4 rings (SSSR count). The Balaban J connectivity index is 1.32. The molecule has 6 heteroatoms. The van der Waals surface area contributed by atoms with E-state index in [1.165, 1.54) is 6.42 Å². The first-order valence-electron chi connectivity index (χ1n) is 11.5. The molecule has 2 aromatic rings. The van der Waals surface area contributed by atoms with Crippen molar-refractivity contribution in [2.75, 3.05) is 36.5 Å². The molecule has 0 saturated carbocycles. The monoisotopic (exact) mass is 434 g/mol. The topological polar surface area (TPSA) is 79.6 Å². The molecule has 2 aliphatic heterocycles. The molecule has 1 atom stereocenters. The van der Waals surface area contributed by atoms with Crippen LogP contribution >= 0.6 is 0 Å². The first kappa shape index (κ1) is 22.2. The van der Waals surface area contributed by atoms with Crippen LogP contribution in [0.25, 0.3) is 5.70 Å². The second-order valence-corrected chi connectivity index (χ2v) is 9.23. The average Bonchev–Trinajstić information content (AvgIpc) is 2.78. The van der Waals surface area contributed by atoms with Gasteiger partial charge in [0.25, 0.3) is 0 Å². The molecule has 0 spiro atoms. The van der Waals surface area contributed by atoms with Crippen molar-refractivity contribution in [3.8, 4) is 0 Å². The summed E-state index contributed by atoms with van der Waals surface area (Å²) in [6.07, 6.45) is 5.65. The fourth-order valence-corrected chi connectivity index (χ4v) is 4.44. The molecule has 2 aromatic carbocycles. The van der Waals surface area contributed by atoms with Crippen molar-refractivity contribution in [3.63, 3.8) is 0 Å². The third-order valence-corrected chi connectivity index (χ3v) is 6.42. The predicted octanol–water partition coefficient (Wildman–Crippen LogP) is 3.88. The van der Waals surface area contributed by atoms with Gasteiger partial charge >= 0.3 is 0 Å². The molecule has 2 saturated heterocycles. The van der Waals surface area contributed by atoms with Gasteiger partial charge in [0.05, 0.1) is 17.2 Å². The molecule has 2 heterocycles. The van der Waals surface area contributed by atoms with Crippen LogP contribution in [0.2, 0.25) is 0 Å². The number of rotatable bonds is 7. The van der Waals surface area contributed by atoms with Crippen molar-refractivity contribution in [1.82, 2.24) is 5.32 Å². The minimum Gasteiger partial charge on any atom is -0.397 e. The standard InChI is InChI=1S/C26H34N4O2/c1-19-14-21(11-12-23(19)24(27)16-28-15-22-10-6-7-13-32-22)30-17-26(2,18-30)25(31)29-20-8-4-3-5-9-20/h3-5,8-9,11-12,14,16,22,28H,6-7,10,13,15,17-18,27H2,1-2H3,(H,29,31)/b24-16-. The maximum Gasteiger partial charge on any atom is 0.233 e. The molecular weight excluding hydrogens is 400 g/mol. The van der Waals surface area contributed by atoms with Gasteiger partial charge in [-0.05, 0) is 62.9 Å². The maximum atomic E-state index is 12.7. The summed E-state index contributed by atoms with van der Waals surface area (Å²) in [6.45, 7) is 7.12. The first-order valence-corrected chi connectivity index (χ1v) is 11.5. The molecule has 6 nitrogen and oxygen atoms in total. The van der Waals surface area contributed by atoms with Crippen LogP contribution < -0.4 is 21.3 Å². The van der Waals surface area contributed by atoms with Crippen LogP contribution in [0.5, 0.6) is 0 Å². The van der Waals surface area contributed by atoms with E-state index in [0.717, 1.165) is 54.2 Å². The molecule has 0 aromatic heterocycles. The lowest BCUT2D eigenvalue weighted by molar-refractivity contribution is -0.126. The Morgan fingerprint density at radius 1 is 1.22 bits per heavy atom. The predicted molar refractivity (Wildman–Crippen MR) is 130 cm³/mol. The molecule has 32 heavy (non-hydrogen) atoms. The second-order valence-electron chi connectivity index (χ2n) is 9.23. The summed E-state index contributed by atoms with van der Waals surface area (Å²) >= 11 is 0. The van der Waals surface area contributed by atoms with E-state index in [1.54, 1.807) is 0 Å². The Labute approximate surface area is 190 Å². The third-order valence-electron chi connectivity index (χ3n) is 6.42. The van der Waals surface area contributed by atoms with Gasteiger partial charge in [-0.15, -0.1) is 0 Å². The molecule has 170 valence electrons. The van der Waals surface area contributed by atoms with Crippen molar-refractivity contribution in [3.05, 3.63) is 65.9 Å². The van der Waals surface area contributed by atoms with Gasteiger partial charge < -0.3 is 26.0 Å². The van der Waals surface area contributed by atoms with Crippen LogP contribution in [0.4, 0.5) is 11.4 Å².